The molecule has 3 aromatic rings. The smallest absolute Gasteiger partial charge is 0.193 e. The third-order valence-electron chi connectivity index (χ3n) is 5.28. The Morgan fingerprint density at radius 1 is 1.10 bits per heavy atom. The molecule has 7 heteroatoms. The lowest BCUT2D eigenvalue weighted by molar-refractivity contribution is 0.372. The number of piperazine rings is 1. The van der Waals surface area contributed by atoms with Crippen LogP contribution in [0.1, 0.15) is 11.3 Å². The van der Waals surface area contributed by atoms with Crippen LogP contribution < -0.4 is 10.2 Å². The summed E-state index contributed by atoms with van der Waals surface area (Å²) in [4.78, 5) is 18.4. The highest BCUT2D eigenvalue weighted by atomic mass is 32.1. The molecule has 30 heavy (non-hydrogen) atoms. The van der Waals surface area contributed by atoms with Crippen molar-refractivity contribution in [3.8, 4) is 10.6 Å². The molecule has 0 radical (unpaired) electrons. The average molecular weight is 421 g/mol. The molecule has 2 aromatic heterocycles. The minimum absolute atomic E-state index is 0.824. The van der Waals surface area contributed by atoms with Crippen molar-refractivity contribution in [3.63, 3.8) is 0 Å². The van der Waals surface area contributed by atoms with Gasteiger partial charge < -0.3 is 15.1 Å². The van der Waals surface area contributed by atoms with Crippen LogP contribution in [0.2, 0.25) is 0 Å². The van der Waals surface area contributed by atoms with Crippen molar-refractivity contribution in [3.05, 3.63) is 65.3 Å². The number of anilines is 1. The number of pyridine rings is 1. The summed E-state index contributed by atoms with van der Waals surface area (Å²) >= 11 is 1.71. The first-order valence-electron chi connectivity index (χ1n) is 10.4. The standard InChI is InChI=1S/C23H28N6S/c1-18-6-8-19(9-7-18)22-27-20(17-30-22)10-12-26-23(24-2)29-15-13-28(14-16-29)21-5-3-4-11-25-21/h3-9,11,17H,10,12-16H2,1-2H3,(H,24,26). The third-order valence-corrected chi connectivity index (χ3v) is 6.22. The van der Waals surface area contributed by atoms with Crippen LogP contribution in [0.5, 0.6) is 0 Å². The van der Waals surface area contributed by atoms with Crippen LogP contribution in [-0.4, -0.2) is 60.6 Å². The Bertz CT molecular complexity index is 959. The molecule has 0 amide bonds. The zero-order valence-corrected chi connectivity index (χ0v) is 18.4. The third kappa shape index (κ3) is 4.97. The summed E-state index contributed by atoms with van der Waals surface area (Å²) in [7, 11) is 1.85. The monoisotopic (exact) mass is 420 g/mol. The number of nitrogens with one attached hydrogen (secondary N) is 1. The maximum Gasteiger partial charge on any atom is 0.193 e. The largest absolute Gasteiger partial charge is 0.356 e. The van der Waals surface area contributed by atoms with E-state index < -0.39 is 0 Å². The van der Waals surface area contributed by atoms with E-state index in [-0.39, 0.29) is 0 Å². The van der Waals surface area contributed by atoms with Crippen molar-refractivity contribution in [2.45, 2.75) is 13.3 Å². The Balaban J connectivity index is 1.26. The Kier molecular flexibility index (Phi) is 6.59. The molecule has 1 aliphatic heterocycles. The van der Waals surface area contributed by atoms with Crippen molar-refractivity contribution in [1.82, 2.24) is 20.2 Å². The molecule has 6 nitrogen and oxygen atoms in total. The van der Waals surface area contributed by atoms with Crippen LogP contribution in [0, 0.1) is 6.92 Å². The molecule has 0 bridgehead atoms. The summed E-state index contributed by atoms with van der Waals surface area (Å²) in [5, 5.41) is 6.75. The lowest BCUT2D eigenvalue weighted by atomic mass is 10.2. The molecular formula is C23H28N6S. The van der Waals surface area contributed by atoms with Crippen LogP contribution >= 0.6 is 11.3 Å². The number of hydrogen-bond donors (Lipinski definition) is 1. The van der Waals surface area contributed by atoms with E-state index in [1.807, 2.05) is 25.4 Å². The van der Waals surface area contributed by atoms with E-state index in [9.17, 15) is 0 Å². The van der Waals surface area contributed by atoms with Gasteiger partial charge in [0.25, 0.3) is 0 Å². The van der Waals surface area contributed by atoms with Gasteiger partial charge in [0.15, 0.2) is 5.96 Å². The molecule has 156 valence electrons. The first-order valence-corrected chi connectivity index (χ1v) is 11.2. The van der Waals surface area contributed by atoms with Gasteiger partial charge in [0.2, 0.25) is 0 Å². The fourth-order valence-electron chi connectivity index (χ4n) is 3.57. The lowest BCUT2D eigenvalue weighted by Gasteiger charge is -2.37. The molecule has 1 aliphatic rings. The van der Waals surface area contributed by atoms with E-state index in [1.54, 1.807) is 11.3 Å². The van der Waals surface area contributed by atoms with E-state index in [1.165, 1.54) is 11.1 Å². The number of rotatable bonds is 5. The maximum atomic E-state index is 4.80. The predicted octanol–water partition coefficient (Wildman–Crippen LogP) is 3.45. The van der Waals surface area contributed by atoms with E-state index >= 15 is 0 Å². The summed E-state index contributed by atoms with van der Waals surface area (Å²) in [5.41, 5.74) is 3.58. The highest BCUT2D eigenvalue weighted by Crippen LogP contribution is 2.24. The first-order chi connectivity index (χ1) is 14.7. The van der Waals surface area contributed by atoms with Gasteiger partial charge in [-0.1, -0.05) is 35.9 Å². The van der Waals surface area contributed by atoms with Crippen LogP contribution in [0.15, 0.2) is 59.0 Å². The van der Waals surface area contributed by atoms with Gasteiger partial charge in [-0.25, -0.2) is 9.97 Å². The Morgan fingerprint density at radius 3 is 2.60 bits per heavy atom. The zero-order chi connectivity index (χ0) is 20.8. The fourth-order valence-corrected chi connectivity index (χ4v) is 4.43. The van der Waals surface area contributed by atoms with Gasteiger partial charge in [-0.2, -0.15) is 0 Å². The quantitative estimate of drug-likeness (QED) is 0.506. The molecule has 0 saturated carbocycles. The van der Waals surface area contributed by atoms with E-state index in [0.29, 0.717) is 0 Å². The SMILES string of the molecule is CN=C(NCCc1csc(-c2ccc(C)cc2)n1)N1CCN(c2ccccn2)CC1. The second-order valence-electron chi connectivity index (χ2n) is 7.40. The number of aliphatic imine (C=N–C) groups is 1. The molecule has 3 heterocycles. The molecule has 1 N–H and O–H groups in total. The van der Waals surface area contributed by atoms with Gasteiger partial charge in [0, 0.05) is 63.3 Å². The Morgan fingerprint density at radius 2 is 1.90 bits per heavy atom. The minimum atomic E-state index is 0.824. The molecule has 0 aliphatic carbocycles. The van der Waals surface area contributed by atoms with Gasteiger partial charge in [0.05, 0.1) is 5.69 Å². The molecule has 0 unspecified atom stereocenters. The molecule has 1 aromatic carbocycles. The summed E-state index contributed by atoms with van der Waals surface area (Å²) in [6, 6.07) is 14.6. The number of guanidine groups is 1. The summed E-state index contributed by atoms with van der Waals surface area (Å²) in [6.45, 7) is 6.70. The molecule has 0 atom stereocenters. The minimum Gasteiger partial charge on any atom is -0.356 e. The number of hydrogen-bond acceptors (Lipinski definition) is 5. The van der Waals surface area contributed by atoms with Crippen LogP contribution in [0.3, 0.4) is 0 Å². The van der Waals surface area contributed by atoms with Crippen molar-refractivity contribution < 1.29 is 0 Å². The number of thiazole rings is 1. The van der Waals surface area contributed by atoms with Gasteiger partial charge in [0.1, 0.15) is 10.8 Å². The molecule has 0 spiro atoms. The van der Waals surface area contributed by atoms with Gasteiger partial charge in [-0.15, -0.1) is 11.3 Å². The Hall–Kier alpha value is -2.93. The number of nitrogens with zero attached hydrogens (tertiary/aromatic N) is 5. The summed E-state index contributed by atoms with van der Waals surface area (Å²) in [5.74, 6) is 2.01. The maximum absolute atomic E-state index is 4.80. The highest BCUT2D eigenvalue weighted by Gasteiger charge is 2.20. The van der Waals surface area contributed by atoms with Gasteiger partial charge in [-0.3, -0.25) is 4.99 Å². The average Bonchev–Trinajstić information content (AvgIpc) is 3.27. The highest BCUT2D eigenvalue weighted by molar-refractivity contribution is 7.13. The topological polar surface area (TPSA) is 56.7 Å². The lowest BCUT2D eigenvalue weighted by Crippen LogP contribution is -2.53. The molecule has 1 saturated heterocycles. The van der Waals surface area contributed by atoms with Crippen molar-refractivity contribution in [1.29, 1.82) is 0 Å². The van der Waals surface area contributed by atoms with Crippen LogP contribution in [-0.2, 0) is 6.42 Å². The van der Waals surface area contributed by atoms with E-state index in [4.69, 9.17) is 4.98 Å². The van der Waals surface area contributed by atoms with Crippen molar-refractivity contribution in [2.24, 2.45) is 4.99 Å². The fraction of sp³-hybridized carbons (Fsp3) is 0.348. The normalized spacial score (nSPS) is 14.8. The Labute approximate surface area is 182 Å². The molecule has 4 rings (SSSR count). The predicted molar refractivity (Wildman–Crippen MR) is 125 cm³/mol. The van der Waals surface area contributed by atoms with Crippen molar-refractivity contribution >= 4 is 23.1 Å². The van der Waals surface area contributed by atoms with Crippen LogP contribution in [0.4, 0.5) is 5.82 Å². The summed E-state index contributed by atoms with van der Waals surface area (Å²) < 4.78 is 0. The van der Waals surface area contributed by atoms with Gasteiger partial charge >= 0.3 is 0 Å². The van der Waals surface area contributed by atoms with Crippen LogP contribution in [0.25, 0.3) is 10.6 Å². The number of benzene rings is 1. The number of aryl methyl sites for hydroxylation is 1. The summed E-state index contributed by atoms with van der Waals surface area (Å²) in [6.07, 6.45) is 2.74. The number of aromatic nitrogens is 2. The van der Waals surface area contributed by atoms with Gasteiger partial charge in [-0.05, 0) is 19.1 Å². The second kappa shape index (κ2) is 9.71. The van der Waals surface area contributed by atoms with E-state index in [2.05, 4.69) is 67.7 Å². The zero-order valence-electron chi connectivity index (χ0n) is 17.6. The van der Waals surface area contributed by atoms with E-state index in [0.717, 1.165) is 61.6 Å². The molecule has 1 fully saturated rings. The molecular weight excluding hydrogens is 392 g/mol. The first kappa shape index (κ1) is 20.3. The second-order valence-corrected chi connectivity index (χ2v) is 8.25. The van der Waals surface area contributed by atoms with Crippen molar-refractivity contribution in [2.75, 3.05) is 44.7 Å².